The van der Waals surface area contributed by atoms with Gasteiger partial charge in [-0.05, 0) is 111 Å². The van der Waals surface area contributed by atoms with Gasteiger partial charge in [-0.25, -0.2) is 0 Å². The molecule has 12 atom stereocenters. The van der Waals surface area contributed by atoms with Crippen molar-refractivity contribution in [2.45, 2.75) is 136 Å². The summed E-state index contributed by atoms with van der Waals surface area (Å²) in [6.07, 6.45) is 6.83. The Labute approximate surface area is 256 Å². The van der Waals surface area contributed by atoms with E-state index in [1.54, 1.807) is 13.8 Å². The summed E-state index contributed by atoms with van der Waals surface area (Å²) in [7, 11) is 0. The van der Waals surface area contributed by atoms with Gasteiger partial charge >= 0.3 is 5.97 Å². The van der Waals surface area contributed by atoms with Gasteiger partial charge in [-0.2, -0.15) is 0 Å². The smallest absolute Gasteiger partial charge is 0.303 e. The Balaban J connectivity index is 0.00000384. The molecule has 5 saturated carbocycles. The molecule has 0 radical (unpaired) electrons. The van der Waals surface area contributed by atoms with E-state index in [-0.39, 0.29) is 53.4 Å². The number of aliphatic hydroxyl groups is 1. The predicted octanol–water partition coefficient (Wildman–Crippen LogP) is 4.45. The molecule has 2 spiro atoms. The predicted molar refractivity (Wildman–Crippen MR) is 157 cm³/mol. The molecule has 43 heavy (non-hydrogen) atoms. The number of aldehydes is 2. The SMILES string of the molecule is CC(=O)O[C@@H](C1CCC2C(O1)C(=O)C1C3CCC4C(C)(C)[C@@H](OC(C=O)OCC=O)CC[C@@]45C[C@@]35CC[C@]21C)C(C)(C)O.[HH]. The summed E-state index contributed by atoms with van der Waals surface area (Å²) >= 11 is 0. The van der Waals surface area contributed by atoms with Gasteiger partial charge in [0.25, 0.3) is 0 Å². The molecular formula is C34H52O9. The van der Waals surface area contributed by atoms with E-state index < -0.39 is 36.2 Å². The largest absolute Gasteiger partial charge is 0.457 e. The average molecular weight is 605 g/mol. The number of hydrogen-bond acceptors (Lipinski definition) is 9. The molecule has 1 aliphatic heterocycles. The summed E-state index contributed by atoms with van der Waals surface area (Å²) in [6, 6.07) is 0. The lowest BCUT2D eigenvalue weighted by molar-refractivity contribution is -0.216. The van der Waals surface area contributed by atoms with Crippen LogP contribution in [0, 0.1) is 45.3 Å². The van der Waals surface area contributed by atoms with Crippen molar-refractivity contribution in [2.75, 3.05) is 6.61 Å². The maximum absolute atomic E-state index is 14.4. The number of hydrogen-bond donors (Lipinski definition) is 1. The molecule has 5 aliphatic carbocycles. The molecule has 9 heteroatoms. The topological polar surface area (TPSA) is 125 Å². The van der Waals surface area contributed by atoms with Gasteiger partial charge in [0, 0.05) is 14.3 Å². The molecule has 1 saturated heterocycles. The van der Waals surface area contributed by atoms with Crippen molar-refractivity contribution in [3.63, 3.8) is 0 Å². The van der Waals surface area contributed by atoms with E-state index in [1.165, 1.54) is 6.92 Å². The molecule has 6 aliphatic rings. The number of rotatable bonds is 9. The maximum Gasteiger partial charge on any atom is 0.303 e. The third-order valence-corrected chi connectivity index (χ3v) is 13.4. The number of Topliss-reactive ketones (excluding diaryl/α,β-unsaturated/α-hetero) is 1. The number of carbonyl (C=O) groups excluding carboxylic acids is 4. The molecular weight excluding hydrogens is 552 g/mol. The number of esters is 1. The van der Waals surface area contributed by atoms with E-state index in [0.717, 1.165) is 51.4 Å². The number of ketones is 1. The van der Waals surface area contributed by atoms with Crippen LogP contribution in [0.25, 0.3) is 0 Å². The van der Waals surface area contributed by atoms with Gasteiger partial charge in [0.05, 0.1) is 17.8 Å². The monoisotopic (exact) mass is 604 g/mol. The van der Waals surface area contributed by atoms with E-state index in [1.807, 2.05) is 0 Å². The first kappa shape index (κ1) is 31.3. The Hall–Kier alpha value is -1.68. The second-order valence-corrected chi connectivity index (χ2v) is 16.1. The Kier molecular flexibility index (Phi) is 7.59. The lowest BCUT2D eigenvalue weighted by atomic mass is 9.46. The van der Waals surface area contributed by atoms with Crippen LogP contribution in [0.3, 0.4) is 0 Å². The fourth-order valence-electron chi connectivity index (χ4n) is 11.7. The normalized spacial score (nSPS) is 45.7. The summed E-state index contributed by atoms with van der Waals surface area (Å²) in [5.74, 6) is 0.598. The van der Waals surface area contributed by atoms with Gasteiger partial charge in [0.1, 0.15) is 19.0 Å². The van der Waals surface area contributed by atoms with Crippen LogP contribution in [0.1, 0.15) is 101 Å². The van der Waals surface area contributed by atoms with Crippen LogP contribution < -0.4 is 0 Å². The van der Waals surface area contributed by atoms with Crippen molar-refractivity contribution in [1.29, 1.82) is 0 Å². The average Bonchev–Trinajstić information content (AvgIpc) is 3.55. The molecule has 6 fully saturated rings. The minimum Gasteiger partial charge on any atom is -0.457 e. The minimum absolute atomic E-state index is 0. The van der Waals surface area contributed by atoms with Gasteiger partial charge in [0.2, 0.25) is 6.29 Å². The van der Waals surface area contributed by atoms with Crippen LogP contribution in [0.15, 0.2) is 0 Å². The lowest BCUT2D eigenvalue weighted by Gasteiger charge is -2.59. The quantitative estimate of drug-likeness (QED) is 0.231. The third-order valence-electron chi connectivity index (χ3n) is 13.4. The van der Waals surface area contributed by atoms with Crippen LogP contribution in [0.4, 0.5) is 0 Å². The summed E-state index contributed by atoms with van der Waals surface area (Å²) in [5, 5.41) is 10.8. The summed E-state index contributed by atoms with van der Waals surface area (Å²) in [5.41, 5.74) is -1.25. The number of carbonyl (C=O) groups is 4. The van der Waals surface area contributed by atoms with Gasteiger partial charge in [-0.3, -0.25) is 14.4 Å². The van der Waals surface area contributed by atoms with Crippen LogP contribution in [0.5, 0.6) is 0 Å². The third kappa shape index (κ3) is 4.53. The molecule has 242 valence electrons. The molecule has 7 unspecified atom stereocenters. The van der Waals surface area contributed by atoms with E-state index in [0.29, 0.717) is 30.8 Å². The Morgan fingerprint density at radius 3 is 2.44 bits per heavy atom. The first-order valence-corrected chi connectivity index (χ1v) is 16.4. The van der Waals surface area contributed by atoms with Crippen molar-refractivity contribution in [1.82, 2.24) is 0 Å². The Morgan fingerprint density at radius 2 is 1.79 bits per heavy atom. The highest BCUT2D eigenvalue weighted by molar-refractivity contribution is 5.90. The minimum atomic E-state index is -1.29. The van der Waals surface area contributed by atoms with Gasteiger partial charge in [-0.1, -0.05) is 20.8 Å². The second kappa shape index (κ2) is 10.4. The second-order valence-electron chi connectivity index (χ2n) is 16.1. The molecule has 1 heterocycles. The van der Waals surface area contributed by atoms with Crippen molar-refractivity contribution in [3.05, 3.63) is 0 Å². The van der Waals surface area contributed by atoms with Crippen LogP contribution in [-0.4, -0.2) is 72.3 Å². The zero-order chi connectivity index (χ0) is 31.2. The zero-order valence-electron chi connectivity index (χ0n) is 26.6. The van der Waals surface area contributed by atoms with Crippen LogP contribution in [0.2, 0.25) is 0 Å². The van der Waals surface area contributed by atoms with E-state index in [9.17, 15) is 24.3 Å². The van der Waals surface area contributed by atoms with Gasteiger partial charge < -0.3 is 28.8 Å². The molecule has 0 amide bonds. The summed E-state index contributed by atoms with van der Waals surface area (Å²) in [4.78, 5) is 48.7. The highest BCUT2D eigenvalue weighted by Gasteiger charge is 2.82. The maximum atomic E-state index is 14.4. The van der Waals surface area contributed by atoms with E-state index in [2.05, 4.69) is 20.8 Å². The Bertz CT molecular complexity index is 1170. The highest BCUT2D eigenvalue weighted by atomic mass is 16.7. The van der Waals surface area contributed by atoms with Crippen molar-refractivity contribution in [3.8, 4) is 0 Å². The van der Waals surface area contributed by atoms with Crippen LogP contribution in [-0.2, 0) is 38.1 Å². The molecule has 0 aromatic carbocycles. The molecule has 9 nitrogen and oxygen atoms in total. The lowest BCUT2D eigenvalue weighted by Crippen LogP contribution is -2.56. The summed E-state index contributed by atoms with van der Waals surface area (Å²) < 4.78 is 23.6. The molecule has 0 aromatic heterocycles. The first-order chi connectivity index (χ1) is 20.2. The highest BCUT2D eigenvalue weighted by Crippen LogP contribution is 2.87. The zero-order valence-corrected chi connectivity index (χ0v) is 26.6. The van der Waals surface area contributed by atoms with Gasteiger partial charge in [-0.15, -0.1) is 0 Å². The fraction of sp³-hybridized carbons (Fsp3) is 0.882. The standard InChI is InChI=1S/C34H50O9.H2/c1-19(37)41-29(31(4,5)39)22-9-7-21-28(42-22)27(38)26-20-8-10-23-30(2,3)24(43-25(17-36)40-16-15-35)11-12-34(23)18-33(20,34)14-13-32(21,26)6;/h15,17,20-26,28-29,39H,7-14,16,18H2,1-6H3;1H/t20?,21?,22?,23?,24-,25?,26?,28?,29-,32+,33-,34+;/m0./s1. The van der Waals surface area contributed by atoms with Crippen molar-refractivity contribution < 1.29 is 44.7 Å². The van der Waals surface area contributed by atoms with E-state index in [4.69, 9.17) is 18.9 Å². The fourth-order valence-corrected chi connectivity index (χ4v) is 11.7. The molecule has 1 N–H and O–H groups in total. The van der Waals surface area contributed by atoms with E-state index >= 15 is 0 Å². The number of ether oxygens (including phenoxy) is 4. The van der Waals surface area contributed by atoms with Gasteiger partial charge in [0.15, 0.2) is 18.2 Å². The number of fused-ring (bicyclic) bond motifs is 4. The van der Waals surface area contributed by atoms with Crippen LogP contribution >= 0.6 is 0 Å². The Morgan fingerprint density at radius 1 is 1.07 bits per heavy atom. The molecule has 0 bridgehead atoms. The first-order valence-electron chi connectivity index (χ1n) is 16.4. The van der Waals surface area contributed by atoms with Crippen molar-refractivity contribution in [2.24, 2.45) is 45.3 Å². The van der Waals surface area contributed by atoms with Crippen molar-refractivity contribution >= 4 is 24.3 Å². The summed E-state index contributed by atoms with van der Waals surface area (Å²) in [6.45, 7) is 11.3. The molecule has 6 rings (SSSR count). The molecule has 0 aromatic rings.